The van der Waals surface area contributed by atoms with Crippen LogP contribution in [0.1, 0.15) is 29.6 Å². The molecule has 0 bridgehead atoms. The quantitative estimate of drug-likeness (QED) is 0.895. The monoisotopic (exact) mass is 266 g/mol. The first-order valence-corrected chi connectivity index (χ1v) is 6.15. The van der Waals surface area contributed by atoms with Crippen LogP contribution in [-0.4, -0.2) is 11.9 Å². The smallest absolute Gasteiger partial charge is 0.254 e. The lowest BCUT2D eigenvalue weighted by Gasteiger charge is -2.15. The molecule has 0 spiro atoms. The van der Waals surface area contributed by atoms with Gasteiger partial charge in [-0.2, -0.15) is 5.26 Å². The number of nitriles is 1. The van der Waals surface area contributed by atoms with Crippen molar-refractivity contribution >= 4 is 17.5 Å². The molecule has 0 heterocycles. The highest BCUT2D eigenvalue weighted by molar-refractivity contribution is 6.31. The number of carbonyl (C=O) groups is 1. The summed E-state index contributed by atoms with van der Waals surface area (Å²) in [6, 6.07) is 6.27. The molecule has 2 unspecified atom stereocenters. The summed E-state index contributed by atoms with van der Waals surface area (Å²) < 4.78 is 13.6. The zero-order chi connectivity index (χ0) is 13.1. The molecule has 1 N–H and O–H groups in total. The van der Waals surface area contributed by atoms with Crippen LogP contribution in [0.15, 0.2) is 18.2 Å². The molecule has 0 saturated heterocycles. The third-order valence-electron chi connectivity index (χ3n) is 3.19. The standard InChI is InChI=1S/C13H12ClFN2O/c14-10-5-2-4-9(12(10)15)13(18)17-11-6-1-3-8(11)7-16/h2,4-5,8,11H,1,3,6H2,(H,17,18). The van der Waals surface area contributed by atoms with Crippen LogP contribution in [0.4, 0.5) is 4.39 Å². The zero-order valence-corrected chi connectivity index (χ0v) is 10.4. The molecule has 1 aromatic carbocycles. The Labute approximate surface area is 110 Å². The molecule has 1 aromatic rings. The van der Waals surface area contributed by atoms with E-state index in [0.29, 0.717) is 0 Å². The van der Waals surface area contributed by atoms with Gasteiger partial charge in [-0.05, 0) is 31.4 Å². The van der Waals surface area contributed by atoms with Gasteiger partial charge >= 0.3 is 0 Å². The number of halogens is 2. The van der Waals surface area contributed by atoms with Crippen LogP contribution in [0.3, 0.4) is 0 Å². The van der Waals surface area contributed by atoms with Crippen molar-refractivity contribution in [2.75, 3.05) is 0 Å². The summed E-state index contributed by atoms with van der Waals surface area (Å²) in [7, 11) is 0. The molecule has 1 saturated carbocycles. The number of hydrogen-bond donors (Lipinski definition) is 1. The van der Waals surface area contributed by atoms with E-state index in [2.05, 4.69) is 11.4 Å². The first-order valence-electron chi connectivity index (χ1n) is 5.78. The highest BCUT2D eigenvalue weighted by atomic mass is 35.5. The molecule has 3 nitrogen and oxygen atoms in total. The zero-order valence-electron chi connectivity index (χ0n) is 9.62. The van der Waals surface area contributed by atoms with Gasteiger partial charge in [0.2, 0.25) is 0 Å². The van der Waals surface area contributed by atoms with Gasteiger partial charge in [0.05, 0.1) is 22.6 Å². The molecule has 0 aromatic heterocycles. The van der Waals surface area contributed by atoms with E-state index in [-0.39, 0.29) is 22.5 Å². The summed E-state index contributed by atoms with van der Waals surface area (Å²) in [4.78, 5) is 11.9. The van der Waals surface area contributed by atoms with Gasteiger partial charge in [0.25, 0.3) is 5.91 Å². The van der Waals surface area contributed by atoms with Crippen LogP contribution >= 0.6 is 11.6 Å². The summed E-state index contributed by atoms with van der Waals surface area (Å²) in [6.07, 6.45) is 2.44. The number of carbonyl (C=O) groups excluding carboxylic acids is 1. The largest absolute Gasteiger partial charge is 0.348 e. The van der Waals surface area contributed by atoms with Crippen LogP contribution < -0.4 is 5.32 Å². The van der Waals surface area contributed by atoms with E-state index < -0.39 is 11.7 Å². The number of amides is 1. The number of rotatable bonds is 2. The SMILES string of the molecule is N#CC1CCCC1NC(=O)c1cccc(Cl)c1F. The number of nitrogens with zero attached hydrogens (tertiary/aromatic N) is 1. The van der Waals surface area contributed by atoms with E-state index in [4.69, 9.17) is 16.9 Å². The van der Waals surface area contributed by atoms with Gasteiger partial charge in [-0.15, -0.1) is 0 Å². The first-order chi connectivity index (χ1) is 8.63. The van der Waals surface area contributed by atoms with Crippen molar-refractivity contribution in [1.29, 1.82) is 5.26 Å². The van der Waals surface area contributed by atoms with Gasteiger partial charge in [0, 0.05) is 6.04 Å². The van der Waals surface area contributed by atoms with Crippen LogP contribution in [0, 0.1) is 23.1 Å². The van der Waals surface area contributed by atoms with Crippen molar-refractivity contribution < 1.29 is 9.18 Å². The Morgan fingerprint density at radius 1 is 1.50 bits per heavy atom. The number of benzene rings is 1. The van der Waals surface area contributed by atoms with Crippen LogP contribution in [-0.2, 0) is 0 Å². The molecular formula is C13H12ClFN2O. The minimum Gasteiger partial charge on any atom is -0.348 e. The van der Waals surface area contributed by atoms with Crippen molar-refractivity contribution in [3.63, 3.8) is 0 Å². The Kier molecular flexibility index (Phi) is 3.83. The maximum Gasteiger partial charge on any atom is 0.254 e. The topological polar surface area (TPSA) is 52.9 Å². The lowest BCUT2D eigenvalue weighted by Crippen LogP contribution is -2.37. The predicted molar refractivity (Wildman–Crippen MR) is 65.6 cm³/mol. The molecule has 94 valence electrons. The highest BCUT2D eigenvalue weighted by Crippen LogP contribution is 2.25. The Balaban J connectivity index is 2.13. The molecule has 1 fully saturated rings. The third kappa shape index (κ3) is 2.46. The van der Waals surface area contributed by atoms with Crippen LogP contribution in [0.25, 0.3) is 0 Å². The summed E-state index contributed by atoms with van der Waals surface area (Å²) in [6.45, 7) is 0. The highest BCUT2D eigenvalue weighted by Gasteiger charge is 2.29. The molecule has 2 rings (SSSR count). The lowest BCUT2D eigenvalue weighted by molar-refractivity contribution is 0.0929. The molecular weight excluding hydrogens is 255 g/mol. The summed E-state index contributed by atoms with van der Waals surface area (Å²) in [5.74, 6) is -1.42. The molecule has 1 aliphatic carbocycles. The van der Waals surface area contributed by atoms with Gasteiger partial charge < -0.3 is 5.32 Å². The average Bonchev–Trinajstić information content (AvgIpc) is 2.79. The van der Waals surface area contributed by atoms with E-state index in [1.807, 2.05) is 0 Å². The van der Waals surface area contributed by atoms with E-state index in [1.54, 1.807) is 0 Å². The molecule has 1 aliphatic rings. The first kappa shape index (κ1) is 12.8. The molecule has 0 radical (unpaired) electrons. The minimum atomic E-state index is -0.719. The Morgan fingerprint density at radius 3 is 3.00 bits per heavy atom. The van der Waals surface area contributed by atoms with E-state index >= 15 is 0 Å². The van der Waals surface area contributed by atoms with Gasteiger partial charge in [-0.25, -0.2) is 4.39 Å². The fourth-order valence-electron chi connectivity index (χ4n) is 2.21. The maximum atomic E-state index is 13.6. The molecule has 1 amide bonds. The fourth-order valence-corrected chi connectivity index (χ4v) is 2.39. The minimum absolute atomic E-state index is 0.0777. The number of hydrogen-bond acceptors (Lipinski definition) is 2. The summed E-state index contributed by atoms with van der Waals surface area (Å²) in [5.41, 5.74) is -0.0777. The van der Waals surface area contributed by atoms with Crippen molar-refractivity contribution in [3.8, 4) is 6.07 Å². The fraction of sp³-hybridized carbons (Fsp3) is 0.385. The summed E-state index contributed by atoms with van der Waals surface area (Å²) in [5, 5.41) is 11.5. The lowest BCUT2D eigenvalue weighted by atomic mass is 10.1. The van der Waals surface area contributed by atoms with E-state index in [9.17, 15) is 9.18 Å². The molecule has 5 heteroatoms. The predicted octanol–water partition coefficient (Wildman–Crippen LogP) is 2.90. The molecule has 18 heavy (non-hydrogen) atoms. The van der Waals surface area contributed by atoms with Crippen molar-refractivity contribution in [1.82, 2.24) is 5.32 Å². The van der Waals surface area contributed by atoms with Gasteiger partial charge in [-0.1, -0.05) is 17.7 Å². The Bertz CT molecular complexity index is 512. The van der Waals surface area contributed by atoms with Crippen LogP contribution in [0.2, 0.25) is 5.02 Å². The van der Waals surface area contributed by atoms with E-state index in [1.165, 1.54) is 18.2 Å². The average molecular weight is 267 g/mol. The van der Waals surface area contributed by atoms with E-state index in [0.717, 1.165) is 19.3 Å². The van der Waals surface area contributed by atoms with Crippen molar-refractivity contribution in [2.24, 2.45) is 5.92 Å². The third-order valence-corrected chi connectivity index (χ3v) is 3.49. The number of nitrogens with one attached hydrogen (secondary N) is 1. The van der Waals surface area contributed by atoms with Crippen molar-refractivity contribution in [3.05, 3.63) is 34.6 Å². The van der Waals surface area contributed by atoms with Gasteiger partial charge in [0.1, 0.15) is 0 Å². The molecule has 0 aliphatic heterocycles. The second-order valence-corrected chi connectivity index (χ2v) is 4.76. The van der Waals surface area contributed by atoms with Crippen LogP contribution in [0.5, 0.6) is 0 Å². The van der Waals surface area contributed by atoms with Gasteiger partial charge in [-0.3, -0.25) is 4.79 Å². The second-order valence-electron chi connectivity index (χ2n) is 4.35. The molecule has 2 atom stereocenters. The normalized spacial score (nSPS) is 22.5. The van der Waals surface area contributed by atoms with Crippen molar-refractivity contribution in [2.45, 2.75) is 25.3 Å². The Hall–Kier alpha value is -1.60. The maximum absolute atomic E-state index is 13.6. The van der Waals surface area contributed by atoms with Gasteiger partial charge in [0.15, 0.2) is 5.82 Å². The second kappa shape index (κ2) is 5.36. The Morgan fingerprint density at radius 2 is 2.28 bits per heavy atom. The summed E-state index contributed by atoms with van der Waals surface area (Å²) >= 11 is 5.62.